The third kappa shape index (κ3) is 4.90. The maximum atomic E-state index is 13.1. The largest absolute Gasteiger partial charge is 0.417 e. The molecule has 0 saturated heterocycles. The quantitative estimate of drug-likeness (QED) is 0.537. The van der Waals surface area contributed by atoms with Gasteiger partial charge in [-0.25, -0.2) is 4.98 Å². The Kier molecular flexibility index (Phi) is 6.01. The highest BCUT2D eigenvalue weighted by molar-refractivity contribution is 6.31. The van der Waals surface area contributed by atoms with Gasteiger partial charge in [-0.05, 0) is 18.2 Å². The van der Waals surface area contributed by atoms with Crippen LogP contribution in [0.25, 0.3) is 11.3 Å². The van der Waals surface area contributed by atoms with Gasteiger partial charge >= 0.3 is 6.18 Å². The Hall–Kier alpha value is -2.84. The van der Waals surface area contributed by atoms with Gasteiger partial charge in [0, 0.05) is 23.9 Å². The number of benzene rings is 2. The Bertz CT molecular complexity index is 952. The van der Waals surface area contributed by atoms with Gasteiger partial charge in [0.15, 0.2) is 0 Å². The first-order valence-electron chi connectivity index (χ1n) is 8.30. The van der Waals surface area contributed by atoms with Crippen LogP contribution in [-0.4, -0.2) is 28.2 Å². The molecule has 1 aromatic heterocycles. The van der Waals surface area contributed by atoms with Gasteiger partial charge in [0.2, 0.25) is 5.95 Å². The molecule has 146 valence electrons. The van der Waals surface area contributed by atoms with Crippen molar-refractivity contribution >= 4 is 29.1 Å². The summed E-state index contributed by atoms with van der Waals surface area (Å²) in [6.07, 6.45) is -4.57. The van der Waals surface area contributed by atoms with Crippen LogP contribution in [0.3, 0.4) is 0 Å². The molecular formula is C19H16ClF3N4O. The minimum atomic E-state index is -4.57. The van der Waals surface area contributed by atoms with Crippen molar-refractivity contribution in [3.05, 3.63) is 65.2 Å². The molecule has 0 saturated carbocycles. The van der Waals surface area contributed by atoms with Crippen molar-refractivity contribution in [2.24, 2.45) is 0 Å². The van der Waals surface area contributed by atoms with Crippen molar-refractivity contribution in [2.45, 2.75) is 6.18 Å². The molecule has 2 aromatic carbocycles. The standard InChI is InChI=1S/C19H16ClF3N4O/c20-15-7-6-13(10-14(15)19(21,22)23)25-17-11-16(12-4-2-1-3-5-12)26-18(27-17)24-8-9-28/h1-7,10-11,28H,8-9H2,(H2,24,25,26,27). The predicted octanol–water partition coefficient (Wildman–Crippen LogP) is 4.96. The van der Waals surface area contributed by atoms with Gasteiger partial charge in [-0.2, -0.15) is 18.2 Å². The van der Waals surface area contributed by atoms with Crippen molar-refractivity contribution in [1.82, 2.24) is 9.97 Å². The molecular weight excluding hydrogens is 393 g/mol. The van der Waals surface area contributed by atoms with Crippen molar-refractivity contribution in [2.75, 3.05) is 23.8 Å². The van der Waals surface area contributed by atoms with E-state index < -0.39 is 11.7 Å². The van der Waals surface area contributed by atoms with Gasteiger partial charge in [0.05, 0.1) is 22.9 Å². The van der Waals surface area contributed by atoms with Crippen LogP contribution in [0.15, 0.2) is 54.6 Å². The monoisotopic (exact) mass is 408 g/mol. The van der Waals surface area contributed by atoms with Crippen LogP contribution in [0.2, 0.25) is 5.02 Å². The van der Waals surface area contributed by atoms with Crippen molar-refractivity contribution in [3.63, 3.8) is 0 Å². The average molecular weight is 409 g/mol. The molecule has 3 rings (SSSR count). The molecule has 0 aliphatic heterocycles. The van der Waals surface area contributed by atoms with Gasteiger partial charge in [-0.15, -0.1) is 0 Å². The van der Waals surface area contributed by atoms with Crippen molar-refractivity contribution in [1.29, 1.82) is 0 Å². The van der Waals surface area contributed by atoms with Crippen molar-refractivity contribution in [3.8, 4) is 11.3 Å². The summed E-state index contributed by atoms with van der Waals surface area (Å²) >= 11 is 5.66. The Morgan fingerprint density at radius 1 is 1.00 bits per heavy atom. The number of nitrogens with zero attached hydrogens (tertiary/aromatic N) is 2. The van der Waals surface area contributed by atoms with Gasteiger partial charge in [-0.3, -0.25) is 0 Å². The van der Waals surface area contributed by atoms with E-state index in [1.165, 1.54) is 12.1 Å². The summed E-state index contributed by atoms with van der Waals surface area (Å²) in [6, 6.07) is 14.4. The summed E-state index contributed by atoms with van der Waals surface area (Å²) in [5, 5.41) is 14.3. The fourth-order valence-electron chi connectivity index (χ4n) is 2.48. The fourth-order valence-corrected chi connectivity index (χ4v) is 2.71. The summed E-state index contributed by atoms with van der Waals surface area (Å²) in [5.74, 6) is 0.535. The number of aliphatic hydroxyl groups is 1. The minimum absolute atomic E-state index is 0.117. The molecule has 3 aromatic rings. The third-order valence-corrected chi connectivity index (χ3v) is 4.06. The van der Waals surface area contributed by atoms with E-state index in [2.05, 4.69) is 20.6 Å². The normalized spacial score (nSPS) is 11.3. The molecule has 9 heteroatoms. The number of hydrogen-bond donors (Lipinski definition) is 3. The molecule has 0 aliphatic carbocycles. The van der Waals surface area contributed by atoms with E-state index in [1.807, 2.05) is 30.3 Å². The van der Waals surface area contributed by atoms with E-state index in [-0.39, 0.29) is 29.8 Å². The van der Waals surface area contributed by atoms with E-state index in [0.29, 0.717) is 11.5 Å². The van der Waals surface area contributed by atoms with Gasteiger partial charge < -0.3 is 15.7 Å². The molecule has 0 bridgehead atoms. The Labute approximate surface area is 164 Å². The molecule has 3 N–H and O–H groups in total. The smallest absolute Gasteiger partial charge is 0.395 e. The van der Waals surface area contributed by atoms with E-state index in [1.54, 1.807) is 6.07 Å². The second kappa shape index (κ2) is 8.45. The number of halogens is 4. The highest BCUT2D eigenvalue weighted by atomic mass is 35.5. The highest BCUT2D eigenvalue weighted by Gasteiger charge is 2.33. The van der Waals surface area contributed by atoms with Crippen LogP contribution in [0, 0.1) is 0 Å². The summed E-state index contributed by atoms with van der Waals surface area (Å²) in [4.78, 5) is 8.63. The van der Waals surface area contributed by atoms with E-state index in [9.17, 15) is 13.2 Å². The van der Waals surface area contributed by atoms with Crippen LogP contribution < -0.4 is 10.6 Å². The van der Waals surface area contributed by atoms with Crippen LogP contribution in [-0.2, 0) is 6.18 Å². The molecule has 0 aliphatic rings. The Morgan fingerprint density at radius 3 is 2.43 bits per heavy atom. The van der Waals surface area contributed by atoms with Gasteiger partial charge in [0.1, 0.15) is 5.82 Å². The Morgan fingerprint density at radius 2 is 1.75 bits per heavy atom. The maximum Gasteiger partial charge on any atom is 0.417 e. The first-order chi connectivity index (χ1) is 13.4. The third-order valence-electron chi connectivity index (χ3n) is 3.73. The zero-order valence-electron chi connectivity index (χ0n) is 14.5. The van der Waals surface area contributed by atoms with Crippen LogP contribution >= 0.6 is 11.6 Å². The molecule has 0 unspecified atom stereocenters. The number of anilines is 3. The molecule has 0 radical (unpaired) electrons. The number of aliphatic hydroxyl groups excluding tert-OH is 1. The summed E-state index contributed by atoms with van der Waals surface area (Å²) in [6.45, 7) is 0.116. The van der Waals surface area contributed by atoms with Crippen LogP contribution in [0.1, 0.15) is 5.56 Å². The SMILES string of the molecule is OCCNc1nc(Nc2ccc(Cl)c(C(F)(F)F)c2)cc(-c2ccccc2)n1. The lowest BCUT2D eigenvalue weighted by Gasteiger charge is -2.14. The van der Waals surface area contributed by atoms with E-state index in [4.69, 9.17) is 16.7 Å². The van der Waals surface area contributed by atoms with Gasteiger partial charge in [0.25, 0.3) is 0 Å². The van der Waals surface area contributed by atoms with Gasteiger partial charge in [-0.1, -0.05) is 41.9 Å². The number of hydrogen-bond acceptors (Lipinski definition) is 5. The zero-order valence-corrected chi connectivity index (χ0v) is 15.2. The minimum Gasteiger partial charge on any atom is -0.395 e. The molecule has 0 fully saturated rings. The topological polar surface area (TPSA) is 70.1 Å². The average Bonchev–Trinajstić information content (AvgIpc) is 2.67. The lowest BCUT2D eigenvalue weighted by atomic mass is 10.1. The van der Waals surface area contributed by atoms with Crippen molar-refractivity contribution < 1.29 is 18.3 Å². The van der Waals surface area contributed by atoms with Crippen LogP contribution in [0.4, 0.5) is 30.6 Å². The number of rotatable bonds is 6. The predicted molar refractivity (Wildman–Crippen MR) is 103 cm³/mol. The Balaban J connectivity index is 1.97. The second-order valence-electron chi connectivity index (χ2n) is 5.80. The van der Waals surface area contributed by atoms with E-state index in [0.717, 1.165) is 11.6 Å². The summed E-state index contributed by atoms with van der Waals surface area (Å²) < 4.78 is 39.3. The number of alkyl halides is 3. The molecule has 0 atom stereocenters. The fraction of sp³-hybridized carbons (Fsp3) is 0.158. The maximum absolute atomic E-state index is 13.1. The molecule has 0 amide bonds. The van der Waals surface area contributed by atoms with Crippen LogP contribution in [0.5, 0.6) is 0 Å². The second-order valence-corrected chi connectivity index (χ2v) is 6.20. The zero-order chi connectivity index (χ0) is 20.1. The molecule has 1 heterocycles. The number of nitrogens with one attached hydrogen (secondary N) is 2. The number of aromatic nitrogens is 2. The first-order valence-corrected chi connectivity index (χ1v) is 8.67. The molecule has 0 spiro atoms. The summed E-state index contributed by atoms with van der Waals surface area (Å²) in [5.41, 5.74) is 0.633. The highest BCUT2D eigenvalue weighted by Crippen LogP contribution is 2.36. The first kappa shape index (κ1) is 19.9. The lowest BCUT2D eigenvalue weighted by molar-refractivity contribution is -0.137. The molecule has 5 nitrogen and oxygen atoms in total. The van der Waals surface area contributed by atoms with E-state index >= 15 is 0 Å². The lowest BCUT2D eigenvalue weighted by Crippen LogP contribution is -2.10. The molecule has 28 heavy (non-hydrogen) atoms. The summed E-state index contributed by atoms with van der Waals surface area (Å²) in [7, 11) is 0.